The summed E-state index contributed by atoms with van der Waals surface area (Å²) < 4.78 is 0.941. The lowest BCUT2D eigenvalue weighted by atomic mass is 10.1. The Morgan fingerprint density at radius 3 is 2.47 bits per heavy atom. The molecule has 2 amide bonds. The van der Waals surface area contributed by atoms with Gasteiger partial charge in [0.2, 0.25) is 5.91 Å². The summed E-state index contributed by atoms with van der Waals surface area (Å²) in [5, 5.41) is 13.0. The lowest BCUT2D eigenvalue weighted by molar-refractivity contribution is -0.117. The fourth-order valence-corrected chi connectivity index (χ4v) is 5.32. The van der Waals surface area contributed by atoms with Crippen LogP contribution >= 0.6 is 50.9 Å². The average molecular weight is 573 g/mol. The van der Waals surface area contributed by atoms with Crippen LogP contribution in [0.2, 0.25) is 10.0 Å². The number of nitriles is 1. The van der Waals surface area contributed by atoms with E-state index in [0.717, 1.165) is 10.0 Å². The largest absolute Gasteiger partial charge is 0.320 e. The minimum Gasteiger partial charge on any atom is -0.320 e. The van der Waals surface area contributed by atoms with Crippen molar-refractivity contribution in [3.8, 4) is 6.07 Å². The van der Waals surface area contributed by atoms with Crippen molar-refractivity contribution in [3.05, 3.63) is 103 Å². The number of hydrogen-bond acceptors (Lipinski definition) is 4. The summed E-state index contributed by atoms with van der Waals surface area (Å²) in [6.07, 6.45) is 0.448. The van der Waals surface area contributed by atoms with E-state index in [9.17, 15) is 14.9 Å². The molecule has 0 unspecified atom stereocenters. The van der Waals surface area contributed by atoms with Crippen molar-refractivity contribution < 1.29 is 9.59 Å². The Balaban J connectivity index is 1.72. The van der Waals surface area contributed by atoms with Crippen LogP contribution in [0.15, 0.2) is 87.9 Å². The molecule has 3 aromatic rings. The topological polar surface area (TPSA) is 73.2 Å². The fourth-order valence-electron chi connectivity index (χ4n) is 3.41. The Morgan fingerprint density at radius 2 is 1.79 bits per heavy atom. The lowest BCUT2D eigenvalue weighted by Crippen LogP contribution is -2.30. The van der Waals surface area contributed by atoms with Crippen LogP contribution in [0.5, 0.6) is 0 Å². The molecule has 0 radical (unpaired) electrons. The molecule has 9 heteroatoms. The van der Waals surface area contributed by atoms with Gasteiger partial charge in [-0.25, -0.2) is 0 Å². The zero-order chi connectivity index (χ0) is 24.2. The normalized spacial score (nSPS) is 16.8. The van der Waals surface area contributed by atoms with Gasteiger partial charge in [0.05, 0.1) is 16.0 Å². The Kier molecular flexibility index (Phi) is 7.64. The number of benzene rings is 3. The van der Waals surface area contributed by atoms with E-state index in [-0.39, 0.29) is 27.2 Å². The van der Waals surface area contributed by atoms with Crippen LogP contribution in [0.3, 0.4) is 0 Å². The summed E-state index contributed by atoms with van der Waals surface area (Å²) in [6, 6.07) is 23.3. The molecule has 34 heavy (non-hydrogen) atoms. The van der Waals surface area contributed by atoms with Gasteiger partial charge >= 0.3 is 0 Å². The highest BCUT2D eigenvalue weighted by Crippen LogP contribution is 2.42. The molecular formula is C25H16BrCl2N3O2S. The van der Waals surface area contributed by atoms with Crippen molar-refractivity contribution in [1.29, 1.82) is 5.26 Å². The van der Waals surface area contributed by atoms with Crippen LogP contribution in [-0.2, 0) is 16.0 Å². The molecule has 1 heterocycles. The van der Waals surface area contributed by atoms with E-state index in [1.54, 1.807) is 36.4 Å². The molecule has 0 spiro atoms. The van der Waals surface area contributed by atoms with E-state index in [1.165, 1.54) is 22.7 Å². The summed E-state index contributed by atoms with van der Waals surface area (Å²) in [5.41, 5.74) is 1.64. The highest BCUT2D eigenvalue weighted by atomic mass is 79.9. The molecule has 0 saturated carbocycles. The number of carbonyl (C=O) groups excluding carboxylic acids is 2. The van der Waals surface area contributed by atoms with Crippen molar-refractivity contribution in [3.63, 3.8) is 0 Å². The van der Waals surface area contributed by atoms with E-state index < -0.39 is 11.2 Å². The lowest BCUT2D eigenvalue weighted by Gasteiger charge is -2.18. The number of rotatable bonds is 5. The second kappa shape index (κ2) is 10.7. The third kappa shape index (κ3) is 5.31. The van der Waals surface area contributed by atoms with E-state index in [0.29, 0.717) is 17.1 Å². The van der Waals surface area contributed by atoms with E-state index in [2.05, 4.69) is 21.2 Å². The standard InChI is InChI=1S/C25H16BrCl2N3O2S/c26-16-8-6-15(7-9-16)12-22-24(33)31(18-4-2-1-3-5-18)25(34-22)19(14-29)23(32)30-21-13-17(27)10-11-20(21)28/h1-11,13,22H,12H2,(H,30,32)/b25-19-/t22-/m0/s1. The molecule has 1 N–H and O–H groups in total. The first kappa shape index (κ1) is 24.4. The first-order chi connectivity index (χ1) is 16.4. The summed E-state index contributed by atoms with van der Waals surface area (Å²) >= 11 is 16.8. The molecule has 0 aliphatic carbocycles. The Hall–Kier alpha value is -2.76. The molecule has 5 nitrogen and oxygen atoms in total. The molecule has 3 aromatic carbocycles. The summed E-state index contributed by atoms with van der Waals surface area (Å²) in [4.78, 5) is 28.0. The van der Waals surface area contributed by atoms with Gasteiger partial charge in [-0.05, 0) is 54.4 Å². The summed E-state index contributed by atoms with van der Waals surface area (Å²) in [7, 11) is 0. The zero-order valence-corrected chi connectivity index (χ0v) is 21.4. The SMILES string of the molecule is N#C/C(C(=O)Nc1cc(Cl)ccc1Cl)=C1/S[C@@H](Cc2ccc(Br)cc2)C(=O)N1c1ccccc1. The second-order valence-corrected chi connectivity index (χ2v) is 10.3. The van der Waals surface area contributed by atoms with Crippen LogP contribution in [-0.4, -0.2) is 17.1 Å². The predicted molar refractivity (Wildman–Crippen MR) is 141 cm³/mol. The summed E-state index contributed by atoms with van der Waals surface area (Å²) in [6.45, 7) is 0. The third-order valence-corrected chi connectivity index (χ3v) is 7.39. The smallest absolute Gasteiger partial charge is 0.269 e. The van der Waals surface area contributed by atoms with Crippen LogP contribution in [0.4, 0.5) is 11.4 Å². The molecule has 1 aliphatic rings. The molecule has 4 rings (SSSR count). The number of hydrogen-bond donors (Lipinski definition) is 1. The van der Waals surface area contributed by atoms with Gasteiger partial charge in [-0.2, -0.15) is 5.26 Å². The van der Waals surface area contributed by atoms with Crippen molar-refractivity contribution >= 4 is 74.1 Å². The van der Waals surface area contributed by atoms with E-state index in [1.807, 2.05) is 36.4 Å². The van der Waals surface area contributed by atoms with Gasteiger partial charge in [-0.3, -0.25) is 14.5 Å². The second-order valence-electron chi connectivity index (χ2n) is 7.32. The quantitative estimate of drug-likeness (QED) is 0.269. The number of nitrogens with zero attached hydrogens (tertiary/aromatic N) is 2. The van der Waals surface area contributed by atoms with Crippen molar-refractivity contribution in [2.24, 2.45) is 0 Å². The van der Waals surface area contributed by atoms with Gasteiger partial charge in [0.15, 0.2) is 0 Å². The number of para-hydroxylation sites is 1. The molecule has 0 aromatic heterocycles. The van der Waals surface area contributed by atoms with Gasteiger partial charge in [0.1, 0.15) is 16.7 Å². The van der Waals surface area contributed by atoms with Crippen LogP contribution in [0, 0.1) is 11.3 Å². The monoisotopic (exact) mass is 571 g/mol. The van der Waals surface area contributed by atoms with Gasteiger partial charge in [-0.1, -0.05) is 81.2 Å². The molecule has 1 atom stereocenters. The third-order valence-electron chi connectivity index (χ3n) is 5.03. The maximum absolute atomic E-state index is 13.5. The van der Waals surface area contributed by atoms with Crippen molar-refractivity contribution in [1.82, 2.24) is 0 Å². The average Bonchev–Trinajstić information content (AvgIpc) is 3.14. The first-order valence-electron chi connectivity index (χ1n) is 10.1. The van der Waals surface area contributed by atoms with Gasteiger partial charge in [0.25, 0.3) is 5.91 Å². The number of anilines is 2. The maximum Gasteiger partial charge on any atom is 0.269 e. The van der Waals surface area contributed by atoms with E-state index in [4.69, 9.17) is 23.2 Å². The van der Waals surface area contributed by atoms with Gasteiger partial charge < -0.3 is 5.32 Å². The summed E-state index contributed by atoms with van der Waals surface area (Å²) in [5.74, 6) is -0.873. The van der Waals surface area contributed by atoms with Crippen molar-refractivity contribution in [2.75, 3.05) is 10.2 Å². The van der Waals surface area contributed by atoms with Gasteiger partial charge in [-0.15, -0.1) is 0 Å². The number of thioether (sulfide) groups is 1. The first-order valence-corrected chi connectivity index (χ1v) is 12.5. The Morgan fingerprint density at radius 1 is 1.09 bits per heavy atom. The van der Waals surface area contributed by atoms with Gasteiger partial charge in [0, 0.05) is 15.2 Å². The number of halogens is 3. The minimum absolute atomic E-state index is 0.184. The molecule has 0 bridgehead atoms. The molecule has 1 fully saturated rings. The van der Waals surface area contributed by atoms with Crippen LogP contribution in [0.1, 0.15) is 5.56 Å². The molecular weight excluding hydrogens is 557 g/mol. The molecule has 1 aliphatic heterocycles. The Labute approximate surface area is 219 Å². The number of amides is 2. The highest BCUT2D eigenvalue weighted by molar-refractivity contribution is 9.10. The molecule has 1 saturated heterocycles. The predicted octanol–water partition coefficient (Wildman–Crippen LogP) is 6.82. The maximum atomic E-state index is 13.5. The Bertz CT molecular complexity index is 1320. The number of nitrogens with one attached hydrogen (secondary N) is 1. The van der Waals surface area contributed by atoms with Crippen LogP contribution < -0.4 is 10.2 Å². The zero-order valence-electron chi connectivity index (χ0n) is 17.5. The minimum atomic E-state index is -0.674. The molecule has 170 valence electrons. The van der Waals surface area contributed by atoms with Crippen molar-refractivity contribution in [2.45, 2.75) is 11.7 Å². The highest BCUT2D eigenvalue weighted by Gasteiger charge is 2.40. The van der Waals surface area contributed by atoms with E-state index >= 15 is 0 Å². The van der Waals surface area contributed by atoms with Crippen LogP contribution in [0.25, 0.3) is 0 Å². The number of carbonyl (C=O) groups is 2. The fraction of sp³-hybridized carbons (Fsp3) is 0.0800.